The maximum atomic E-state index is 13.8. The predicted octanol–water partition coefficient (Wildman–Crippen LogP) is 2.96. The highest BCUT2D eigenvalue weighted by atomic mass is 19.1. The number of halogens is 1. The molecule has 4 heteroatoms. The van der Waals surface area contributed by atoms with Gasteiger partial charge in [-0.3, -0.25) is 0 Å². The van der Waals surface area contributed by atoms with Crippen LogP contribution in [0, 0.1) is 17.8 Å². The Bertz CT molecular complexity index is 396. The second kappa shape index (κ2) is 4.97. The Labute approximate surface area is 114 Å². The third kappa shape index (κ3) is 2.73. The van der Waals surface area contributed by atoms with Crippen LogP contribution in [0.2, 0.25) is 0 Å². The second-order valence-corrected chi connectivity index (χ2v) is 6.81. The molecule has 1 saturated heterocycles. The zero-order valence-electron chi connectivity index (χ0n) is 12.0. The average molecular weight is 265 g/mol. The summed E-state index contributed by atoms with van der Waals surface area (Å²) in [6.45, 7) is 5.59. The molecule has 3 rings (SSSR count). The third-order valence-corrected chi connectivity index (χ3v) is 5.06. The molecule has 0 bridgehead atoms. The van der Waals surface area contributed by atoms with Crippen LogP contribution in [-0.2, 0) is 0 Å². The lowest BCUT2D eigenvalue weighted by Gasteiger charge is -2.41. The van der Waals surface area contributed by atoms with Gasteiger partial charge in [-0.2, -0.15) is 10.2 Å². The lowest BCUT2D eigenvalue weighted by Crippen LogP contribution is -2.41. The topological polar surface area (TPSA) is 36.8 Å². The van der Waals surface area contributed by atoms with Gasteiger partial charge in [0.15, 0.2) is 0 Å². The molecule has 1 N–H and O–H groups in total. The minimum absolute atomic E-state index is 0.211. The monoisotopic (exact) mass is 265 g/mol. The zero-order valence-corrected chi connectivity index (χ0v) is 12.0. The Kier molecular flexibility index (Phi) is 3.46. The molecule has 0 atom stereocenters. The highest BCUT2D eigenvalue weighted by molar-refractivity contribution is 6.09. The number of piperidine rings is 1. The minimum atomic E-state index is -1.03. The Morgan fingerprint density at radius 1 is 1.05 bits per heavy atom. The molecule has 3 aliphatic rings. The number of nitrogens with zero attached hydrogens (tertiary/aromatic N) is 2. The summed E-state index contributed by atoms with van der Waals surface area (Å²) in [7, 11) is 0. The van der Waals surface area contributed by atoms with E-state index in [1.165, 1.54) is 24.3 Å². The Morgan fingerprint density at radius 2 is 1.63 bits per heavy atom. The SMILES string of the molecule is CC(C)(F)C1CC(C2=NN=C(C3CCNCC3)C2)C1. The van der Waals surface area contributed by atoms with Crippen molar-refractivity contribution in [1.82, 2.24) is 5.32 Å². The molecule has 1 aliphatic carbocycles. The standard InChI is InChI=1S/C15H24FN3/c1-15(2,16)12-7-11(8-12)14-9-13(18-19-14)10-3-5-17-6-4-10/h10-12,17H,3-9H2,1-2H3. The summed E-state index contributed by atoms with van der Waals surface area (Å²) in [5, 5.41) is 12.2. The van der Waals surface area contributed by atoms with Crippen molar-refractivity contribution >= 4 is 11.4 Å². The Morgan fingerprint density at radius 3 is 2.21 bits per heavy atom. The van der Waals surface area contributed by atoms with E-state index in [9.17, 15) is 4.39 Å². The summed E-state index contributed by atoms with van der Waals surface area (Å²) in [4.78, 5) is 0. The van der Waals surface area contributed by atoms with E-state index in [2.05, 4.69) is 15.5 Å². The molecule has 0 aromatic heterocycles. The lowest BCUT2D eigenvalue weighted by atomic mass is 9.66. The van der Waals surface area contributed by atoms with Crippen LogP contribution in [0.1, 0.15) is 46.0 Å². The van der Waals surface area contributed by atoms with E-state index in [4.69, 9.17) is 0 Å². The molecule has 19 heavy (non-hydrogen) atoms. The normalized spacial score (nSPS) is 32.8. The molecule has 0 spiro atoms. The molecule has 2 heterocycles. The molecule has 106 valence electrons. The van der Waals surface area contributed by atoms with Crippen LogP contribution in [0.4, 0.5) is 4.39 Å². The highest BCUT2D eigenvalue weighted by Crippen LogP contribution is 2.44. The minimum Gasteiger partial charge on any atom is -0.317 e. The molecule has 2 fully saturated rings. The largest absolute Gasteiger partial charge is 0.317 e. The fourth-order valence-corrected chi connectivity index (χ4v) is 3.44. The summed E-state index contributed by atoms with van der Waals surface area (Å²) >= 11 is 0. The van der Waals surface area contributed by atoms with Crippen molar-refractivity contribution in [3.05, 3.63) is 0 Å². The van der Waals surface area contributed by atoms with Crippen molar-refractivity contribution in [2.75, 3.05) is 13.1 Å². The predicted molar refractivity (Wildman–Crippen MR) is 76.5 cm³/mol. The van der Waals surface area contributed by atoms with Crippen LogP contribution < -0.4 is 5.32 Å². The molecular weight excluding hydrogens is 241 g/mol. The van der Waals surface area contributed by atoms with Crippen molar-refractivity contribution in [3.63, 3.8) is 0 Å². The third-order valence-electron chi connectivity index (χ3n) is 5.06. The van der Waals surface area contributed by atoms with E-state index < -0.39 is 5.67 Å². The van der Waals surface area contributed by atoms with E-state index in [0.717, 1.165) is 32.4 Å². The van der Waals surface area contributed by atoms with Gasteiger partial charge in [-0.05, 0) is 58.5 Å². The molecular formula is C15H24FN3. The van der Waals surface area contributed by atoms with E-state index >= 15 is 0 Å². The van der Waals surface area contributed by atoms with Crippen molar-refractivity contribution in [3.8, 4) is 0 Å². The number of nitrogens with one attached hydrogen (secondary N) is 1. The van der Waals surface area contributed by atoms with Gasteiger partial charge in [0, 0.05) is 29.7 Å². The van der Waals surface area contributed by atoms with Gasteiger partial charge in [0.05, 0.1) is 0 Å². The fourth-order valence-electron chi connectivity index (χ4n) is 3.44. The van der Waals surface area contributed by atoms with E-state index in [1.54, 1.807) is 13.8 Å². The number of alkyl halides is 1. The second-order valence-electron chi connectivity index (χ2n) is 6.81. The van der Waals surface area contributed by atoms with Gasteiger partial charge in [-0.25, -0.2) is 4.39 Å². The van der Waals surface area contributed by atoms with Gasteiger partial charge in [0.1, 0.15) is 5.67 Å². The van der Waals surface area contributed by atoms with Crippen LogP contribution in [0.3, 0.4) is 0 Å². The average Bonchev–Trinajstić information content (AvgIpc) is 2.75. The quantitative estimate of drug-likeness (QED) is 0.837. The van der Waals surface area contributed by atoms with Crippen LogP contribution >= 0.6 is 0 Å². The molecule has 3 nitrogen and oxygen atoms in total. The van der Waals surface area contributed by atoms with Gasteiger partial charge in [0.25, 0.3) is 0 Å². The van der Waals surface area contributed by atoms with Gasteiger partial charge in [-0.1, -0.05) is 0 Å². The Balaban J connectivity index is 1.49. The number of rotatable bonds is 3. The van der Waals surface area contributed by atoms with Crippen LogP contribution in [0.15, 0.2) is 10.2 Å². The summed E-state index contributed by atoms with van der Waals surface area (Å²) in [6.07, 6.45) is 5.24. The van der Waals surface area contributed by atoms with Crippen molar-refractivity contribution in [2.45, 2.75) is 51.6 Å². The first-order valence-electron chi connectivity index (χ1n) is 7.57. The van der Waals surface area contributed by atoms with Crippen molar-refractivity contribution in [2.24, 2.45) is 28.0 Å². The van der Waals surface area contributed by atoms with Crippen LogP contribution in [0.5, 0.6) is 0 Å². The van der Waals surface area contributed by atoms with Crippen molar-refractivity contribution < 1.29 is 4.39 Å². The lowest BCUT2D eigenvalue weighted by molar-refractivity contribution is 0.0479. The maximum Gasteiger partial charge on any atom is 0.108 e. The van der Waals surface area contributed by atoms with Crippen LogP contribution in [0.25, 0.3) is 0 Å². The summed E-state index contributed by atoms with van der Waals surface area (Å²) in [5.41, 5.74) is 1.46. The molecule has 0 aromatic rings. The van der Waals surface area contributed by atoms with Gasteiger partial charge in [-0.15, -0.1) is 0 Å². The van der Waals surface area contributed by atoms with Gasteiger partial charge < -0.3 is 5.32 Å². The zero-order chi connectivity index (χ0) is 13.5. The smallest absolute Gasteiger partial charge is 0.108 e. The summed E-state index contributed by atoms with van der Waals surface area (Å²) in [5.74, 6) is 1.32. The highest BCUT2D eigenvalue weighted by Gasteiger charge is 2.43. The summed E-state index contributed by atoms with van der Waals surface area (Å²) in [6, 6.07) is 0. The number of hydrogen-bond donors (Lipinski definition) is 1. The van der Waals surface area contributed by atoms with E-state index in [1.807, 2.05) is 0 Å². The van der Waals surface area contributed by atoms with E-state index in [0.29, 0.717) is 11.8 Å². The molecule has 1 saturated carbocycles. The molecule has 0 radical (unpaired) electrons. The maximum absolute atomic E-state index is 13.8. The first-order chi connectivity index (χ1) is 9.04. The fraction of sp³-hybridized carbons (Fsp3) is 0.867. The Hall–Kier alpha value is -0.770. The molecule has 2 aliphatic heterocycles. The molecule has 0 unspecified atom stereocenters. The van der Waals surface area contributed by atoms with E-state index in [-0.39, 0.29) is 5.92 Å². The molecule has 0 aromatic carbocycles. The first-order valence-corrected chi connectivity index (χ1v) is 7.57. The number of hydrogen-bond acceptors (Lipinski definition) is 3. The van der Waals surface area contributed by atoms with Gasteiger partial charge in [0.2, 0.25) is 0 Å². The van der Waals surface area contributed by atoms with Gasteiger partial charge >= 0.3 is 0 Å². The summed E-state index contributed by atoms with van der Waals surface area (Å²) < 4.78 is 13.8. The van der Waals surface area contributed by atoms with Crippen LogP contribution in [-0.4, -0.2) is 30.2 Å². The molecule has 0 amide bonds. The van der Waals surface area contributed by atoms with Crippen molar-refractivity contribution in [1.29, 1.82) is 0 Å². The first kappa shape index (κ1) is 13.2.